The molecule has 1 aromatic heterocycles. The van der Waals surface area contributed by atoms with Crippen molar-refractivity contribution in [2.45, 2.75) is 19.8 Å². The van der Waals surface area contributed by atoms with Crippen LogP contribution in [0, 0.1) is 6.92 Å². The van der Waals surface area contributed by atoms with Crippen LogP contribution in [0.5, 0.6) is 0 Å². The number of carbonyl (C=O) groups excluding carboxylic acids is 1. The maximum atomic E-state index is 11.9. The van der Waals surface area contributed by atoms with Gasteiger partial charge in [0.1, 0.15) is 0 Å². The molecule has 0 aromatic carbocycles. The lowest BCUT2D eigenvalue weighted by atomic mass is 10.3. The number of likely N-dealkylation sites (tertiary alicyclic amines) is 1. The molecule has 0 aliphatic carbocycles. The lowest BCUT2D eigenvalue weighted by Crippen LogP contribution is -2.30. The third-order valence-corrected chi connectivity index (χ3v) is 3.21. The first kappa shape index (κ1) is 12.8. The highest BCUT2D eigenvalue weighted by Gasteiger charge is 2.15. The summed E-state index contributed by atoms with van der Waals surface area (Å²) in [5, 5.41) is 5.95. The van der Waals surface area contributed by atoms with E-state index in [1.54, 1.807) is 6.20 Å². The summed E-state index contributed by atoms with van der Waals surface area (Å²) in [4.78, 5) is 18.3. The maximum Gasteiger partial charge on any atom is 0.238 e. The van der Waals surface area contributed by atoms with Crippen LogP contribution in [0.4, 0.5) is 11.4 Å². The molecule has 1 fully saturated rings. The van der Waals surface area contributed by atoms with Crippen molar-refractivity contribution >= 4 is 17.3 Å². The van der Waals surface area contributed by atoms with Gasteiger partial charge in [0.15, 0.2) is 0 Å². The fourth-order valence-corrected chi connectivity index (χ4v) is 2.20. The third-order valence-electron chi connectivity index (χ3n) is 3.21. The number of hydrogen-bond acceptors (Lipinski definition) is 4. The summed E-state index contributed by atoms with van der Waals surface area (Å²) in [5.74, 6) is 0.0320. The second-order valence-electron chi connectivity index (χ2n) is 4.64. The third kappa shape index (κ3) is 3.20. The number of aromatic nitrogens is 1. The van der Waals surface area contributed by atoms with Gasteiger partial charge in [-0.1, -0.05) is 0 Å². The zero-order valence-electron chi connectivity index (χ0n) is 11.0. The van der Waals surface area contributed by atoms with Gasteiger partial charge in [0.25, 0.3) is 0 Å². The smallest absolute Gasteiger partial charge is 0.238 e. The largest absolute Gasteiger partial charge is 0.387 e. The van der Waals surface area contributed by atoms with Crippen LogP contribution in [0.15, 0.2) is 12.3 Å². The fourth-order valence-electron chi connectivity index (χ4n) is 2.20. The number of anilines is 2. The topological polar surface area (TPSA) is 57.3 Å². The van der Waals surface area contributed by atoms with Crippen LogP contribution in [0.1, 0.15) is 18.5 Å². The SMILES string of the molecule is CNc1cc(NC(=O)CN2CCCC2)cnc1C. The van der Waals surface area contributed by atoms with Gasteiger partial charge in [0.05, 0.1) is 29.8 Å². The molecule has 5 heteroatoms. The van der Waals surface area contributed by atoms with Crippen molar-refractivity contribution in [2.24, 2.45) is 0 Å². The van der Waals surface area contributed by atoms with Gasteiger partial charge in [-0.25, -0.2) is 0 Å². The zero-order valence-corrected chi connectivity index (χ0v) is 11.0. The molecule has 1 aliphatic rings. The van der Waals surface area contributed by atoms with Gasteiger partial charge >= 0.3 is 0 Å². The Morgan fingerprint density at radius 3 is 2.83 bits per heavy atom. The fraction of sp³-hybridized carbons (Fsp3) is 0.538. The number of rotatable bonds is 4. The molecule has 98 valence electrons. The molecule has 0 atom stereocenters. The first-order valence-electron chi connectivity index (χ1n) is 6.35. The van der Waals surface area contributed by atoms with E-state index < -0.39 is 0 Å². The van der Waals surface area contributed by atoms with Crippen LogP contribution in [-0.4, -0.2) is 42.5 Å². The molecule has 5 nitrogen and oxygen atoms in total. The number of pyridine rings is 1. The number of carbonyl (C=O) groups is 1. The van der Waals surface area contributed by atoms with Crippen molar-refractivity contribution in [1.82, 2.24) is 9.88 Å². The molecular formula is C13H20N4O. The molecule has 0 spiro atoms. The van der Waals surface area contributed by atoms with E-state index in [-0.39, 0.29) is 5.91 Å². The molecule has 1 aromatic rings. The summed E-state index contributed by atoms with van der Waals surface area (Å²) in [7, 11) is 1.85. The molecule has 1 amide bonds. The van der Waals surface area contributed by atoms with Crippen molar-refractivity contribution in [3.8, 4) is 0 Å². The predicted octanol–water partition coefficient (Wildman–Crippen LogP) is 1.47. The molecule has 2 heterocycles. The first-order valence-corrected chi connectivity index (χ1v) is 6.35. The molecular weight excluding hydrogens is 228 g/mol. The van der Waals surface area contributed by atoms with Crippen molar-refractivity contribution in [2.75, 3.05) is 37.3 Å². The number of hydrogen-bond donors (Lipinski definition) is 2. The summed E-state index contributed by atoms with van der Waals surface area (Å²) in [6.45, 7) is 4.47. The first-order chi connectivity index (χ1) is 8.69. The Labute approximate surface area is 108 Å². The standard InChI is InChI=1S/C13H20N4O/c1-10-12(14-2)7-11(8-15-10)16-13(18)9-17-5-3-4-6-17/h7-8,14H,3-6,9H2,1-2H3,(H,16,18). The Bertz CT molecular complexity index is 427. The van der Waals surface area contributed by atoms with Crippen LogP contribution in [-0.2, 0) is 4.79 Å². The van der Waals surface area contributed by atoms with E-state index >= 15 is 0 Å². The lowest BCUT2D eigenvalue weighted by Gasteiger charge is -2.14. The van der Waals surface area contributed by atoms with Gasteiger partial charge < -0.3 is 10.6 Å². The normalized spacial score (nSPS) is 15.7. The molecule has 1 aliphatic heterocycles. The monoisotopic (exact) mass is 248 g/mol. The van der Waals surface area contributed by atoms with Gasteiger partial charge in [0, 0.05) is 7.05 Å². The molecule has 0 saturated carbocycles. The Morgan fingerprint density at radius 2 is 2.17 bits per heavy atom. The number of amides is 1. The molecule has 18 heavy (non-hydrogen) atoms. The summed E-state index contributed by atoms with van der Waals surface area (Å²) in [5.41, 5.74) is 2.61. The average molecular weight is 248 g/mol. The number of nitrogens with one attached hydrogen (secondary N) is 2. The van der Waals surface area contributed by atoms with Crippen LogP contribution in [0.2, 0.25) is 0 Å². The Kier molecular flexibility index (Phi) is 4.15. The maximum absolute atomic E-state index is 11.9. The van der Waals surface area contributed by atoms with E-state index in [0.717, 1.165) is 30.2 Å². The molecule has 2 rings (SSSR count). The highest BCUT2D eigenvalue weighted by atomic mass is 16.2. The van der Waals surface area contributed by atoms with Crippen LogP contribution >= 0.6 is 0 Å². The summed E-state index contributed by atoms with van der Waals surface area (Å²) in [6, 6.07) is 1.91. The van der Waals surface area contributed by atoms with Crippen LogP contribution < -0.4 is 10.6 Å². The number of nitrogens with zero attached hydrogens (tertiary/aromatic N) is 2. The molecule has 2 N–H and O–H groups in total. The van der Waals surface area contributed by atoms with E-state index in [1.807, 2.05) is 20.0 Å². The van der Waals surface area contributed by atoms with E-state index in [2.05, 4.69) is 20.5 Å². The van der Waals surface area contributed by atoms with Gasteiger partial charge in [-0.05, 0) is 38.9 Å². The number of aryl methyl sites for hydroxylation is 1. The van der Waals surface area contributed by atoms with E-state index in [1.165, 1.54) is 12.8 Å². The lowest BCUT2D eigenvalue weighted by molar-refractivity contribution is -0.117. The average Bonchev–Trinajstić information content (AvgIpc) is 2.84. The molecule has 0 bridgehead atoms. The Balaban J connectivity index is 1.93. The summed E-state index contributed by atoms with van der Waals surface area (Å²) >= 11 is 0. The van der Waals surface area contributed by atoms with Crippen LogP contribution in [0.25, 0.3) is 0 Å². The van der Waals surface area contributed by atoms with E-state index in [0.29, 0.717) is 6.54 Å². The van der Waals surface area contributed by atoms with Crippen molar-refractivity contribution in [1.29, 1.82) is 0 Å². The quantitative estimate of drug-likeness (QED) is 0.847. The molecule has 0 unspecified atom stereocenters. The summed E-state index contributed by atoms with van der Waals surface area (Å²) < 4.78 is 0. The van der Waals surface area contributed by atoms with Gasteiger partial charge in [-0.15, -0.1) is 0 Å². The molecule has 0 radical (unpaired) electrons. The minimum absolute atomic E-state index is 0.0320. The van der Waals surface area contributed by atoms with E-state index in [9.17, 15) is 4.79 Å². The Hall–Kier alpha value is -1.62. The van der Waals surface area contributed by atoms with Crippen molar-refractivity contribution < 1.29 is 4.79 Å². The predicted molar refractivity (Wildman–Crippen MR) is 72.8 cm³/mol. The van der Waals surface area contributed by atoms with Crippen molar-refractivity contribution in [3.05, 3.63) is 18.0 Å². The summed E-state index contributed by atoms with van der Waals surface area (Å²) in [6.07, 6.45) is 4.09. The Morgan fingerprint density at radius 1 is 1.44 bits per heavy atom. The van der Waals surface area contributed by atoms with Crippen LogP contribution in [0.3, 0.4) is 0 Å². The van der Waals surface area contributed by atoms with Gasteiger partial charge in [0.2, 0.25) is 5.91 Å². The minimum atomic E-state index is 0.0320. The minimum Gasteiger partial charge on any atom is -0.387 e. The van der Waals surface area contributed by atoms with E-state index in [4.69, 9.17) is 0 Å². The second-order valence-corrected chi connectivity index (χ2v) is 4.64. The van der Waals surface area contributed by atoms with Gasteiger partial charge in [-0.2, -0.15) is 0 Å². The highest BCUT2D eigenvalue weighted by molar-refractivity contribution is 5.92. The highest BCUT2D eigenvalue weighted by Crippen LogP contribution is 2.17. The molecule has 1 saturated heterocycles. The zero-order chi connectivity index (χ0) is 13.0. The second kappa shape index (κ2) is 5.82. The van der Waals surface area contributed by atoms with Crippen molar-refractivity contribution in [3.63, 3.8) is 0 Å². The van der Waals surface area contributed by atoms with Gasteiger partial charge in [-0.3, -0.25) is 14.7 Å².